The quantitative estimate of drug-likeness (QED) is 0.364. The molecule has 0 spiro atoms. The molecule has 0 radical (unpaired) electrons. The second-order valence-electron chi connectivity index (χ2n) is 5.46. The van der Waals surface area contributed by atoms with Crippen molar-refractivity contribution in [3.8, 4) is 6.07 Å². The first kappa shape index (κ1) is 18.5. The van der Waals surface area contributed by atoms with E-state index in [4.69, 9.17) is 0 Å². The summed E-state index contributed by atoms with van der Waals surface area (Å²) in [5.74, 6) is -1.96. The van der Waals surface area contributed by atoms with Crippen LogP contribution in [0.3, 0.4) is 0 Å². The zero-order valence-electron chi connectivity index (χ0n) is 13.2. The van der Waals surface area contributed by atoms with Crippen LogP contribution in [0.15, 0.2) is 42.5 Å². The lowest BCUT2D eigenvalue weighted by Crippen LogP contribution is -2.11. The predicted octanol–water partition coefficient (Wildman–Crippen LogP) is 4.71. The first-order valence-corrected chi connectivity index (χ1v) is 8.18. The summed E-state index contributed by atoms with van der Waals surface area (Å²) in [5.41, 5.74) is -0.967. The summed E-state index contributed by atoms with van der Waals surface area (Å²) in [6, 6.07) is 9.52. The zero-order chi connectivity index (χ0) is 19.8. The Morgan fingerprint density at radius 2 is 1.89 bits per heavy atom. The van der Waals surface area contributed by atoms with Crippen molar-refractivity contribution in [2.24, 2.45) is 0 Å². The van der Waals surface area contributed by atoms with Crippen LogP contribution in [0.25, 0.3) is 10.2 Å². The van der Waals surface area contributed by atoms with Crippen LogP contribution >= 0.6 is 11.3 Å². The molecule has 0 saturated carbocycles. The molecule has 0 amide bonds. The number of alkyl halides is 3. The zero-order valence-corrected chi connectivity index (χ0v) is 14.0. The van der Waals surface area contributed by atoms with Gasteiger partial charge in [0.15, 0.2) is 11.7 Å². The second-order valence-corrected chi connectivity index (χ2v) is 6.52. The van der Waals surface area contributed by atoms with Crippen LogP contribution in [0.5, 0.6) is 0 Å². The molecule has 1 aromatic heterocycles. The van der Waals surface area contributed by atoms with Crippen molar-refractivity contribution >= 4 is 33.0 Å². The van der Waals surface area contributed by atoms with Crippen molar-refractivity contribution in [1.29, 1.82) is 5.26 Å². The highest BCUT2D eigenvalue weighted by Crippen LogP contribution is 2.35. The predicted molar refractivity (Wildman–Crippen MR) is 90.4 cm³/mol. The van der Waals surface area contributed by atoms with Crippen molar-refractivity contribution in [3.05, 3.63) is 68.7 Å². The van der Waals surface area contributed by atoms with Gasteiger partial charge in [0.05, 0.1) is 26.8 Å². The maximum Gasteiger partial charge on any atom is 0.416 e. The number of benzene rings is 2. The molecular formula is C17H8F3N3O3S. The van der Waals surface area contributed by atoms with Crippen LogP contribution in [-0.2, 0) is 6.18 Å². The molecule has 2 aromatic carbocycles. The van der Waals surface area contributed by atoms with Crippen LogP contribution in [-0.4, -0.2) is 15.7 Å². The summed E-state index contributed by atoms with van der Waals surface area (Å²) < 4.78 is 38.8. The SMILES string of the molecule is N#CC(C(=O)c1ccc([N+](=O)[O-])cc1)c1nc2cc(C(F)(F)F)ccc2s1. The summed E-state index contributed by atoms with van der Waals surface area (Å²) in [5, 5.41) is 20.1. The average Bonchev–Trinajstić information content (AvgIpc) is 3.04. The van der Waals surface area contributed by atoms with Crippen molar-refractivity contribution in [1.82, 2.24) is 4.98 Å². The maximum absolute atomic E-state index is 12.8. The number of carbonyl (C=O) groups excluding carboxylic acids is 1. The third-order valence-electron chi connectivity index (χ3n) is 3.73. The van der Waals surface area contributed by atoms with Crippen LogP contribution in [0.4, 0.5) is 18.9 Å². The standard InChI is InChI=1S/C17H8F3N3O3S/c18-17(19,20)10-3-6-14-13(7-10)22-16(27-14)12(8-21)15(24)9-1-4-11(5-2-9)23(25)26/h1-7,12H. The number of nitrogens with zero attached hydrogens (tertiary/aromatic N) is 3. The average molecular weight is 391 g/mol. The minimum atomic E-state index is -4.53. The highest BCUT2D eigenvalue weighted by Gasteiger charge is 2.31. The Hall–Kier alpha value is -3.32. The molecule has 1 unspecified atom stereocenters. The summed E-state index contributed by atoms with van der Waals surface area (Å²) in [6.45, 7) is 0. The number of thiazole rings is 1. The summed E-state index contributed by atoms with van der Waals surface area (Å²) in [6.07, 6.45) is -4.53. The van der Waals surface area contributed by atoms with Gasteiger partial charge in [0, 0.05) is 17.7 Å². The Kier molecular flexibility index (Phi) is 4.63. The van der Waals surface area contributed by atoms with Crippen molar-refractivity contribution in [2.75, 3.05) is 0 Å². The molecule has 0 saturated heterocycles. The van der Waals surface area contributed by atoms with E-state index in [-0.39, 0.29) is 21.8 Å². The van der Waals surface area contributed by atoms with E-state index >= 15 is 0 Å². The van der Waals surface area contributed by atoms with Crippen LogP contribution in [0.2, 0.25) is 0 Å². The van der Waals surface area contributed by atoms with Gasteiger partial charge in [-0.25, -0.2) is 4.98 Å². The third-order valence-corrected chi connectivity index (χ3v) is 4.83. The molecule has 1 heterocycles. The van der Waals surface area contributed by atoms with E-state index < -0.39 is 28.4 Å². The number of nitro groups is 1. The van der Waals surface area contributed by atoms with Crippen molar-refractivity contribution < 1.29 is 22.9 Å². The van der Waals surface area contributed by atoms with E-state index in [0.29, 0.717) is 4.70 Å². The van der Waals surface area contributed by atoms with Crippen LogP contribution in [0, 0.1) is 21.4 Å². The van der Waals surface area contributed by atoms with E-state index in [1.807, 2.05) is 0 Å². The third kappa shape index (κ3) is 3.63. The lowest BCUT2D eigenvalue weighted by Gasteiger charge is -2.05. The Balaban J connectivity index is 1.96. The van der Waals surface area contributed by atoms with Crippen LogP contribution < -0.4 is 0 Å². The van der Waals surface area contributed by atoms with Crippen molar-refractivity contribution in [2.45, 2.75) is 12.1 Å². The molecule has 0 aliphatic rings. The molecule has 3 aromatic rings. The minimum absolute atomic E-state index is 0.0431. The lowest BCUT2D eigenvalue weighted by atomic mass is 9.99. The number of nitriles is 1. The fourth-order valence-corrected chi connectivity index (χ4v) is 3.38. The number of hydrogen-bond acceptors (Lipinski definition) is 6. The van der Waals surface area contributed by atoms with Gasteiger partial charge in [-0.1, -0.05) is 0 Å². The van der Waals surface area contributed by atoms with Gasteiger partial charge in [0.25, 0.3) is 5.69 Å². The fourth-order valence-electron chi connectivity index (χ4n) is 2.39. The Morgan fingerprint density at radius 3 is 2.44 bits per heavy atom. The molecule has 0 bridgehead atoms. The lowest BCUT2D eigenvalue weighted by molar-refractivity contribution is -0.384. The molecular weight excluding hydrogens is 383 g/mol. The number of non-ortho nitro benzene ring substituents is 1. The summed E-state index contributed by atoms with van der Waals surface area (Å²) in [4.78, 5) is 26.6. The molecule has 0 N–H and O–H groups in total. The van der Waals surface area contributed by atoms with Gasteiger partial charge in [-0.2, -0.15) is 18.4 Å². The van der Waals surface area contributed by atoms with E-state index in [2.05, 4.69) is 4.98 Å². The molecule has 6 nitrogen and oxygen atoms in total. The normalized spacial score (nSPS) is 12.5. The summed E-state index contributed by atoms with van der Waals surface area (Å²) >= 11 is 0.950. The number of aromatic nitrogens is 1. The van der Waals surface area contributed by atoms with Gasteiger partial charge < -0.3 is 0 Å². The second kappa shape index (κ2) is 6.77. The number of Topliss-reactive ketones (excluding diaryl/α,β-unsaturated/α-hetero) is 1. The highest BCUT2D eigenvalue weighted by atomic mass is 32.1. The minimum Gasteiger partial charge on any atom is -0.292 e. The molecule has 136 valence electrons. The van der Waals surface area contributed by atoms with Gasteiger partial charge in [0.2, 0.25) is 0 Å². The topological polar surface area (TPSA) is 96.9 Å². The first-order chi connectivity index (χ1) is 12.7. The Morgan fingerprint density at radius 1 is 1.22 bits per heavy atom. The first-order valence-electron chi connectivity index (χ1n) is 7.36. The van der Waals surface area contributed by atoms with E-state index in [1.54, 1.807) is 6.07 Å². The van der Waals surface area contributed by atoms with Gasteiger partial charge in [-0.3, -0.25) is 14.9 Å². The number of rotatable bonds is 4. The summed E-state index contributed by atoms with van der Waals surface area (Å²) in [7, 11) is 0. The molecule has 27 heavy (non-hydrogen) atoms. The Bertz CT molecular complexity index is 1080. The van der Waals surface area contributed by atoms with Gasteiger partial charge in [-0.05, 0) is 30.3 Å². The number of nitro benzene ring substituents is 1. The van der Waals surface area contributed by atoms with Gasteiger partial charge >= 0.3 is 6.18 Å². The number of fused-ring (bicyclic) bond motifs is 1. The van der Waals surface area contributed by atoms with Crippen molar-refractivity contribution in [3.63, 3.8) is 0 Å². The van der Waals surface area contributed by atoms with Gasteiger partial charge in [0.1, 0.15) is 5.01 Å². The molecule has 3 rings (SSSR count). The van der Waals surface area contributed by atoms with Gasteiger partial charge in [-0.15, -0.1) is 11.3 Å². The largest absolute Gasteiger partial charge is 0.416 e. The monoisotopic (exact) mass is 391 g/mol. The number of hydrogen-bond donors (Lipinski definition) is 0. The molecule has 1 atom stereocenters. The molecule has 10 heteroatoms. The van der Waals surface area contributed by atoms with Crippen LogP contribution in [0.1, 0.15) is 26.8 Å². The van der Waals surface area contributed by atoms with E-state index in [1.165, 1.54) is 18.2 Å². The smallest absolute Gasteiger partial charge is 0.292 e. The molecule has 0 aliphatic carbocycles. The number of ketones is 1. The van der Waals surface area contributed by atoms with E-state index in [9.17, 15) is 33.3 Å². The molecule has 0 aliphatic heterocycles. The highest BCUT2D eigenvalue weighted by molar-refractivity contribution is 7.18. The number of halogens is 3. The fraction of sp³-hybridized carbons (Fsp3) is 0.118. The number of carbonyl (C=O) groups is 1. The molecule has 0 fully saturated rings. The maximum atomic E-state index is 12.8. The van der Waals surface area contributed by atoms with E-state index in [0.717, 1.165) is 35.6 Å². The Labute approximate surface area is 153 Å².